The van der Waals surface area contributed by atoms with E-state index in [1.54, 1.807) is 11.8 Å². The summed E-state index contributed by atoms with van der Waals surface area (Å²) < 4.78 is 13.5. The molecule has 0 saturated heterocycles. The summed E-state index contributed by atoms with van der Waals surface area (Å²) in [5.41, 5.74) is 4.05. The minimum absolute atomic E-state index is 0.172. The smallest absolute Gasteiger partial charge is 0.222 e. The molecule has 1 heterocycles. The molecule has 0 radical (unpaired) electrons. The Morgan fingerprint density at radius 3 is 2.50 bits per heavy atom. The van der Waals surface area contributed by atoms with Crippen LogP contribution in [0.3, 0.4) is 0 Å². The summed E-state index contributed by atoms with van der Waals surface area (Å²) in [5.74, 6) is 1.65. The van der Waals surface area contributed by atoms with E-state index in [9.17, 15) is 5.11 Å². The van der Waals surface area contributed by atoms with Gasteiger partial charge in [0.2, 0.25) is 5.88 Å². The van der Waals surface area contributed by atoms with Crippen LogP contribution in [0.2, 0.25) is 0 Å². The molecule has 0 bridgehead atoms. The number of aromatic nitrogens is 2. The van der Waals surface area contributed by atoms with E-state index >= 15 is 0 Å². The highest BCUT2D eigenvalue weighted by atomic mass is 16.5. The van der Waals surface area contributed by atoms with Gasteiger partial charge < -0.3 is 14.6 Å². The van der Waals surface area contributed by atoms with Crippen LogP contribution in [-0.2, 0) is 18.3 Å². The lowest BCUT2D eigenvalue weighted by atomic mass is 10.1. The molecule has 172 valence electrons. The highest BCUT2D eigenvalue weighted by Gasteiger charge is 2.24. The molecule has 32 heavy (non-hydrogen) atoms. The topological polar surface area (TPSA) is 59.8 Å². The van der Waals surface area contributed by atoms with Gasteiger partial charge in [0, 0.05) is 39.4 Å². The van der Waals surface area contributed by atoms with Gasteiger partial charge in [0.1, 0.15) is 11.4 Å². The van der Waals surface area contributed by atoms with Crippen molar-refractivity contribution < 1.29 is 14.6 Å². The fourth-order valence-electron chi connectivity index (χ4n) is 3.60. The number of methoxy groups -OCH3 is 1. The van der Waals surface area contributed by atoms with E-state index in [1.165, 1.54) is 0 Å². The number of nitrogens with zero attached hydrogens (tertiary/aromatic N) is 3. The van der Waals surface area contributed by atoms with Crippen LogP contribution in [-0.4, -0.2) is 52.7 Å². The summed E-state index contributed by atoms with van der Waals surface area (Å²) in [7, 11) is 3.60. The Bertz CT molecular complexity index is 985. The van der Waals surface area contributed by atoms with Gasteiger partial charge in [-0.2, -0.15) is 5.10 Å². The van der Waals surface area contributed by atoms with Crippen molar-refractivity contribution in [2.45, 2.75) is 33.4 Å². The minimum Gasteiger partial charge on any atom is -0.439 e. The first-order valence-electron chi connectivity index (χ1n) is 11.1. The Morgan fingerprint density at radius 2 is 1.84 bits per heavy atom. The molecule has 2 aromatic carbocycles. The van der Waals surface area contributed by atoms with Gasteiger partial charge in [0.15, 0.2) is 0 Å². The Balaban J connectivity index is 2.01. The first-order chi connectivity index (χ1) is 15.4. The maximum absolute atomic E-state index is 10.6. The minimum atomic E-state index is -0.426. The summed E-state index contributed by atoms with van der Waals surface area (Å²) in [5, 5.41) is 15.4. The van der Waals surface area contributed by atoms with E-state index < -0.39 is 6.10 Å². The first kappa shape index (κ1) is 24.0. The molecule has 0 aliphatic rings. The van der Waals surface area contributed by atoms with Crippen molar-refractivity contribution in [1.82, 2.24) is 14.7 Å². The van der Waals surface area contributed by atoms with Gasteiger partial charge in [-0.25, -0.2) is 4.68 Å². The van der Waals surface area contributed by atoms with Crippen molar-refractivity contribution in [3.05, 3.63) is 65.7 Å². The van der Waals surface area contributed by atoms with E-state index in [2.05, 4.69) is 17.0 Å². The summed E-state index contributed by atoms with van der Waals surface area (Å²) in [6.07, 6.45) is -0.426. The van der Waals surface area contributed by atoms with Crippen molar-refractivity contribution >= 4 is 0 Å². The van der Waals surface area contributed by atoms with Crippen LogP contribution >= 0.6 is 0 Å². The summed E-state index contributed by atoms with van der Waals surface area (Å²) in [6.45, 7) is 8.54. The lowest BCUT2D eigenvalue weighted by Gasteiger charge is -2.27. The van der Waals surface area contributed by atoms with Crippen molar-refractivity contribution in [3.63, 3.8) is 0 Å². The SMILES string of the molecule is COCCN(Cc1c(-c2ccccc2)nn(C)c1Oc1cccc(C)c1)C[C@@H](O)C(C)C. The quantitative estimate of drug-likeness (QED) is 0.473. The second kappa shape index (κ2) is 11.3. The largest absolute Gasteiger partial charge is 0.439 e. The molecular formula is C26H35N3O3. The maximum atomic E-state index is 10.6. The van der Waals surface area contributed by atoms with Crippen molar-refractivity contribution in [1.29, 1.82) is 0 Å². The Kier molecular flexibility index (Phi) is 8.45. The molecule has 3 aromatic rings. The molecule has 1 aromatic heterocycles. The standard InChI is InChI=1S/C26H35N3O3/c1-19(2)24(30)18-29(14-15-31-5)17-23-25(21-11-7-6-8-12-21)27-28(4)26(23)32-22-13-9-10-20(3)16-22/h6-13,16,19,24,30H,14-15,17-18H2,1-5H3/t24-/m1/s1. The Morgan fingerprint density at radius 1 is 1.09 bits per heavy atom. The fourth-order valence-corrected chi connectivity index (χ4v) is 3.60. The van der Waals surface area contributed by atoms with Crippen LogP contribution in [0.15, 0.2) is 54.6 Å². The summed E-state index contributed by atoms with van der Waals surface area (Å²) in [6, 6.07) is 18.2. The Hall–Kier alpha value is -2.67. The van der Waals surface area contributed by atoms with E-state index in [0.717, 1.165) is 28.1 Å². The van der Waals surface area contributed by atoms with Crippen LogP contribution in [0.5, 0.6) is 11.6 Å². The molecule has 1 N–H and O–H groups in total. The number of aryl methyl sites for hydroxylation is 2. The third-order valence-corrected chi connectivity index (χ3v) is 5.55. The molecule has 0 amide bonds. The predicted octanol–water partition coefficient (Wildman–Crippen LogP) is 4.65. The second-order valence-electron chi connectivity index (χ2n) is 8.58. The molecule has 0 aliphatic carbocycles. The van der Waals surface area contributed by atoms with Crippen LogP contribution in [0, 0.1) is 12.8 Å². The van der Waals surface area contributed by atoms with E-state index in [-0.39, 0.29) is 5.92 Å². The number of rotatable bonds is 11. The summed E-state index contributed by atoms with van der Waals surface area (Å²) >= 11 is 0. The number of hydrogen-bond acceptors (Lipinski definition) is 5. The molecule has 0 saturated carbocycles. The lowest BCUT2D eigenvalue weighted by Crippen LogP contribution is -2.36. The van der Waals surface area contributed by atoms with Gasteiger partial charge in [-0.15, -0.1) is 0 Å². The van der Waals surface area contributed by atoms with Gasteiger partial charge in [0.05, 0.1) is 18.3 Å². The zero-order valence-corrected chi connectivity index (χ0v) is 19.8. The van der Waals surface area contributed by atoms with Gasteiger partial charge in [0.25, 0.3) is 0 Å². The van der Waals surface area contributed by atoms with Crippen molar-refractivity contribution in [3.8, 4) is 22.9 Å². The summed E-state index contributed by atoms with van der Waals surface area (Å²) in [4.78, 5) is 2.21. The number of benzene rings is 2. The monoisotopic (exact) mass is 437 g/mol. The third kappa shape index (κ3) is 6.19. The van der Waals surface area contributed by atoms with E-state index in [1.807, 2.05) is 70.3 Å². The average molecular weight is 438 g/mol. The lowest BCUT2D eigenvalue weighted by molar-refractivity contribution is 0.0589. The number of aliphatic hydroxyl groups is 1. The number of ether oxygens (including phenoxy) is 2. The van der Waals surface area contributed by atoms with Crippen LogP contribution in [0.25, 0.3) is 11.3 Å². The Labute approximate surface area is 191 Å². The van der Waals surface area contributed by atoms with Crippen molar-refractivity contribution in [2.75, 3.05) is 26.8 Å². The second-order valence-corrected chi connectivity index (χ2v) is 8.58. The zero-order valence-electron chi connectivity index (χ0n) is 19.8. The normalized spacial score (nSPS) is 12.5. The van der Waals surface area contributed by atoms with Crippen LogP contribution in [0.1, 0.15) is 25.0 Å². The molecule has 0 fully saturated rings. The van der Waals surface area contributed by atoms with E-state index in [0.29, 0.717) is 32.1 Å². The highest BCUT2D eigenvalue weighted by molar-refractivity contribution is 5.65. The zero-order chi connectivity index (χ0) is 23.1. The molecule has 0 spiro atoms. The van der Waals surface area contributed by atoms with Crippen LogP contribution in [0.4, 0.5) is 0 Å². The first-order valence-corrected chi connectivity index (χ1v) is 11.1. The highest BCUT2D eigenvalue weighted by Crippen LogP contribution is 2.34. The molecule has 3 rings (SSSR count). The maximum Gasteiger partial charge on any atom is 0.222 e. The molecule has 0 unspecified atom stereocenters. The fraction of sp³-hybridized carbons (Fsp3) is 0.423. The van der Waals surface area contributed by atoms with Crippen molar-refractivity contribution in [2.24, 2.45) is 13.0 Å². The predicted molar refractivity (Wildman–Crippen MR) is 128 cm³/mol. The molecule has 6 nitrogen and oxygen atoms in total. The number of hydrogen-bond donors (Lipinski definition) is 1. The third-order valence-electron chi connectivity index (χ3n) is 5.55. The number of aliphatic hydroxyl groups excluding tert-OH is 1. The van der Waals surface area contributed by atoms with Gasteiger partial charge in [-0.1, -0.05) is 56.3 Å². The van der Waals surface area contributed by atoms with Crippen LogP contribution < -0.4 is 4.74 Å². The molecule has 0 aliphatic heterocycles. The molecular weight excluding hydrogens is 402 g/mol. The average Bonchev–Trinajstić information content (AvgIpc) is 3.07. The van der Waals surface area contributed by atoms with Gasteiger partial charge in [-0.05, 0) is 30.5 Å². The van der Waals surface area contributed by atoms with Gasteiger partial charge in [-0.3, -0.25) is 4.90 Å². The molecule has 1 atom stereocenters. The van der Waals surface area contributed by atoms with Gasteiger partial charge >= 0.3 is 0 Å². The van der Waals surface area contributed by atoms with E-state index in [4.69, 9.17) is 14.6 Å². The molecule has 6 heteroatoms.